The summed E-state index contributed by atoms with van der Waals surface area (Å²) in [7, 11) is 0. The SMILES string of the molecule is C[C@H](NC(=O)C(CC(=O)NOC(C)(C)C)NC(=O)CN1CCOCC1)C(=O)NCc1cccc2ccccc12. The highest BCUT2D eigenvalue weighted by Gasteiger charge is 2.28. The zero-order valence-electron chi connectivity index (χ0n) is 23.0. The number of ether oxygens (including phenoxy) is 1. The van der Waals surface area contributed by atoms with Crippen LogP contribution in [-0.2, 0) is 35.3 Å². The second-order valence-electron chi connectivity index (χ2n) is 10.5. The summed E-state index contributed by atoms with van der Waals surface area (Å²) in [6.45, 7) is 9.42. The first-order valence-corrected chi connectivity index (χ1v) is 13.1. The summed E-state index contributed by atoms with van der Waals surface area (Å²) in [5.74, 6) is -2.03. The minimum absolute atomic E-state index is 0.0638. The number of benzene rings is 2. The predicted octanol–water partition coefficient (Wildman–Crippen LogP) is 1.01. The van der Waals surface area contributed by atoms with Gasteiger partial charge in [-0.3, -0.25) is 28.9 Å². The lowest BCUT2D eigenvalue weighted by atomic mass is 10.0. The summed E-state index contributed by atoms with van der Waals surface area (Å²) in [5, 5.41) is 10.2. The molecule has 0 radical (unpaired) electrons. The Labute approximate surface area is 228 Å². The molecule has 1 unspecified atom stereocenters. The number of rotatable bonds is 11. The van der Waals surface area contributed by atoms with Crippen molar-refractivity contribution in [2.75, 3.05) is 32.8 Å². The standard InChI is InChI=1S/C28H39N5O6/c1-19(26(36)29-17-21-10-7-9-20-8-5-6-11-22(20)21)30-27(37)23(16-24(34)32-39-28(2,3)4)31-25(35)18-33-12-14-38-15-13-33/h5-11,19,23H,12-18H2,1-4H3,(H,29,36)(H,30,37)(H,31,35)(H,32,34)/t19-,23?/m0/s1. The largest absolute Gasteiger partial charge is 0.379 e. The van der Waals surface area contributed by atoms with Gasteiger partial charge in [0.05, 0.1) is 31.8 Å². The Balaban J connectivity index is 1.59. The van der Waals surface area contributed by atoms with Crippen molar-refractivity contribution in [1.82, 2.24) is 26.3 Å². The van der Waals surface area contributed by atoms with Crippen molar-refractivity contribution in [3.63, 3.8) is 0 Å². The molecular formula is C28H39N5O6. The van der Waals surface area contributed by atoms with E-state index in [0.29, 0.717) is 26.3 Å². The van der Waals surface area contributed by atoms with Gasteiger partial charge in [0.1, 0.15) is 12.1 Å². The molecule has 3 rings (SSSR count). The molecule has 0 spiro atoms. The van der Waals surface area contributed by atoms with Gasteiger partial charge in [0, 0.05) is 19.6 Å². The first-order valence-electron chi connectivity index (χ1n) is 13.1. The molecule has 39 heavy (non-hydrogen) atoms. The van der Waals surface area contributed by atoms with E-state index >= 15 is 0 Å². The van der Waals surface area contributed by atoms with Gasteiger partial charge >= 0.3 is 0 Å². The molecule has 1 saturated heterocycles. The van der Waals surface area contributed by atoms with Crippen LogP contribution in [-0.4, -0.2) is 79.1 Å². The summed E-state index contributed by atoms with van der Waals surface area (Å²) in [4.78, 5) is 58.3. The third kappa shape index (κ3) is 9.93. The van der Waals surface area contributed by atoms with E-state index in [4.69, 9.17) is 9.57 Å². The van der Waals surface area contributed by atoms with Crippen LogP contribution in [0.15, 0.2) is 42.5 Å². The summed E-state index contributed by atoms with van der Waals surface area (Å²) in [6.07, 6.45) is -0.360. The maximum Gasteiger partial charge on any atom is 0.246 e. The lowest BCUT2D eigenvalue weighted by Crippen LogP contribution is -2.55. The molecule has 0 bridgehead atoms. The van der Waals surface area contributed by atoms with Crippen LogP contribution in [0.2, 0.25) is 0 Å². The van der Waals surface area contributed by atoms with Gasteiger partial charge in [-0.2, -0.15) is 0 Å². The maximum absolute atomic E-state index is 13.1. The van der Waals surface area contributed by atoms with Crippen molar-refractivity contribution in [2.24, 2.45) is 0 Å². The molecule has 2 aromatic rings. The van der Waals surface area contributed by atoms with Crippen LogP contribution in [0.4, 0.5) is 0 Å². The lowest BCUT2D eigenvalue weighted by molar-refractivity contribution is -0.147. The fraction of sp³-hybridized carbons (Fsp3) is 0.500. The number of carbonyl (C=O) groups is 4. The van der Waals surface area contributed by atoms with Crippen molar-refractivity contribution < 1.29 is 28.8 Å². The van der Waals surface area contributed by atoms with Gasteiger partial charge in [-0.15, -0.1) is 0 Å². The molecule has 0 aliphatic carbocycles. The van der Waals surface area contributed by atoms with E-state index in [9.17, 15) is 19.2 Å². The Bertz CT molecular complexity index is 1150. The Morgan fingerprint density at radius 2 is 1.64 bits per heavy atom. The van der Waals surface area contributed by atoms with Crippen LogP contribution in [0.1, 0.15) is 39.7 Å². The van der Waals surface area contributed by atoms with Crippen LogP contribution >= 0.6 is 0 Å². The topological polar surface area (TPSA) is 138 Å². The van der Waals surface area contributed by atoms with Crippen LogP contribution in [0.25, 0.3) is 10.8 Å². The van der Waals surface area contributed by atoms with E-state index in [2.05, 4.69) is 21.4 Å². The predicted molar refractivity (Wildman–Crippen MR) is 146 cm³/mol. The summed E-state index contributed by atoms with van der Waals surface area (Å²) in [5.41, 5.74) is 2.63. The molecule has 2 aromatic carbocycles. The number of nitrogens with zero attached hydrogens (tertiary/aromatic N) is 1. The van der Waals surface area contributed by atoms with Gasteiger partial charge in [-0.05, 0) is 44.0 Å². The molecule has 4 N–H and O–H groups in total. The molecule has 1 aliphatic rings. The minimum atomic E-state index is -1.20. The molecule has 1 fully saturated rings. The fourth-order valence-electron chi connectivity index (χ4n) is 4.01. The second-order valence-corrected chi connectivity index (χ2v) is 10.5. The van der Waals surface area contributed by atoms with Crippen LogP contribution in [0, 0.1) is 0 Å². The highest BCUT2D eigenvalue weighted by Crippen LogP contribution is 2.18. The summed E-state index contributed by atoms with van der Waals surface area (Å²) >= 11 is 0. The van der Waals surface area contributed by atoms with E-state index in [1.807, 2.05) is 47.4 Å². The van der Waals surface area contributed by atoms with Crippen LogP contribution in [0.5, 0.6) is 0 Å². The van der Waals surface area contributed by atoms with Gasteiger partial charge in [0.25, 0.3) is 0 Å². The molecule has 1 aliphatic heterocycles. The van der Waals surface area contributed by atoms with Crippen LogP contribution in [0.3, 0.4) is 0 Å². The maximum atomic E-state index is 13.1. The van der Waals surface area contributed by atoms with E-state index < -0.39 is 41.3 Å². The zero-order chi connectivity index (χ0) is 28.4. The van der Waals surface area contributed by atoms with E-state index in [0.717, 1.165) is 16.3 Å². The van der Waals surface area contributed by atoms with Crippen molar-refractivity contribution in [1.29, 1.82) is 0 Å². The Hall–Kier alpha value is -3.54. The van der Waals surface area contributed by atoms with E-state index in [-0.39, 0.29) is 19.5 Å². The number of hydroxylamine groups is 1. The lowest BCUT2D eigenvalue weighted by Gasteiger charge is -2.27. The van der Waals surface area contributed by atoms with Crippen molar-refractivity contribution >= 4 is 34.4 Å². The van der Waals surface area contributed by atoms with Gasteiger partial charge < -0.3 is 20.7 Å². The Morgan fingerprint density at radius 3 is 2.36 bits per heavy atom. The van der Waals surface area contributed by atoms with Gasteiger partial charge in [0.2, 0.25) is 23.6 Å². The number of amides is 4. The fourth-order valence-corrected chi connectivity index (χ4v) is 4.01. The third-order valence-corrected chi connectivity index (χ3v) is 6.07. The van der Waals surface area contributed by atoms with E-state index in [1.54, 1.807) is 27.7 Å². The smallest absolute Gasteiger partial charge is 0.246 e. The molecule has 4 amide bonds. The third-order valence-electron chi connectivity index (χ3n) is 6.07. The molecule has 212 valence electrons. The average molecular weight is 542 g/mol. The zero-order valence-corrected chi connectivity index (χ0v) is 23.0. The van der Waals surface area contributed by atoms with Gasteiger partial charge in [-0.25, -0.2) is 5.48 Å². The quantitative estimate of drug-likeness (QED) is 0.312. The van der Waals surface area contributed by atoms with Crippen LogP contribution < -0.4 is 21.4 Å². The summed E-state index contributed by atoms with van der Waals surface area (Å²) in [6, 6.07) is 11.6. The van der Waals surface area contributed by atoms with Gasteiger partial charge in [0.15, 0.2) is 0 Å². The number of nitrogens with one attached hydrogen (secondary N) is 4. The normalized spacial score (nSPS) is 15.7. The molecule has 2 atom stereocenters. The highest BCUT2D eigenvalue weighted by atomic mass is 16.7. The molecule has 11 heteroatoms. The monoisotopic (exact) mass is 541 g/mol. The number of hydrogen-bond acceptors (Lipinski definition) is 7. The molecular weight excluding hydrogens is 502 g/mol. The van der Waals surface area contributed by atoms with Crippen molar-refractivity contribution in [3.8, 4) is 0 Å². The van der Waals surface area contributed by atoms with E-state index in [1.165, 1.54) is 0 Å². The van der Waals surface area contributed by atoms with Gasteiger partial charge in [-0.1, -0.05) is 42.5 Å². The highest BCUT2D eigenvalue weighted by molar-refractivity contribution is 5.95. The van der Waals surface area contributed by atoms with Crippen molar-refractivity contribution in [2.45, 2.75) is 58.3 Å². The molecule has 11 nitrogen and oxygen atoms in total. The Morgan fingerprint density at radius 1 is 0.949 bits per heavy atom. The number of fused-ring (bicyclic) bond motifs is 1. The number of carbonyl (C=O) groups excluding carboxylic acids is 4. The number of hydrogen-bond donors (Lipinski definition) is 4. The minimum Gasteiger partial charge on any atom is -0.379 e. The molecule has 0 aromatic heterocycles. The first kappa shape index (κ1) is 30.0. The first-order chi connectivity index (χ1) is 18.5. The molecule has 0 saturated carbocycles. The molecule has 1 heterocycles. The summed E-state index contributed by atoms with van der Waals surface area (Å²) < 4.78 is 5.30. The Kier molecular flexibility index (Phi) is 10.8. The average Bonchev–Trinajstić information content (AvgIpc) is 2.90. The second kappa shape index (κ2) is 14.0. The van der Waals surface area contributed by atoms with Crippen molar-refractivity contribution in [3.05, 3.63) is 48.0 Å². The number of morpholine rings is 1.